The molecular formula is C14H17ClN2O2. The summed E-state index contributed by atoms with van der Waals surface area (Å²) < 4.78 is 0. The third-order valence-electron chi connectivity index (χ3n) is 4.72. The molecule has 1 spiro atoms. The second kappa shape index (κ2) is 4.67. The molecule has 1 aliphatic heterocycles. The molecule has 1 aliphatic carbocycles. The molecule has 0 amide bonds. The summed E-state index contributed by atoms with van der Waals surface area (Å²) in [6.45, 7) is 1.76. The van der Waals surface area contributed by atoms with Crippen LogP contribution in [0, 0.1) is 15.5 Å². The molecule has 2 fully saturated rings. The summed E-state index contributed by atoms with van der Waals surface area (Å²) >= 11 is 6.18. The number of nitro groups is 1. The van der Waals surface area contributed by atoms with Gasteiger partial charge in [-0.2, -0.15) is 0 Å². The summed E-state index contributed by atoms with van der Waals surface area (Å²) in [6, 6.07) is 4.91. The highest BCUT2D eigenvalue weighted by Crippen LogP contribution is 2.50. The van der Waals surface area contributed by atoms with Gasteiger partial charge in [-0.3, -0.25) is 10.1 Å². The van der Waals surface area contributed by atoms with Crippen molar-refractivity contribution in [3.63, 3.8) is 0 Å². The molecule has 4 nitrogen and oxygen atoms in total. The SMILES string of the molecule is O=[N+]([O-])c1cccc(Cl)c1N1CCC2(CCC2)CC1. The number of nitrogens with zero attached hydrogens (tertiary/aromatic N) is 2. The first-order valence-electron chi connectivity index (χ1n) is 6.79. The number of hydrogen-bond donors (Lipinski definition) is 0. The van der Waals surface area contributed by atoms with Crippen LogP contribution in [-0.2, 0) is 0 Å². The highest BCUT2D eigenvalue weighted by Gasteiger charge is 2.40. The van der Waals surface area contributed by atoms with Gasteiger partial charge >= 0.3 is 0 Å². The van der Waals surface area contributed by atoms with E-state index in [9.17, 15) is 10.1 Å². The van der Waals surface area contributed by atoms with Gasteiger partial charge in [-0.05, 0) is 37.2 Å². The first-order chi connectivity index (χ1) is 9.11. The van der Waals surface area contributed by atoms with Gasteiger partial charge < -0.3 is 4.90 Å². The molecule has 1 aromatic carbocycles. The Bertz CT molecular complexity index is 504. The lowest BCUT2D eigenvalue weighted by Crippen LogP contribution is -2.43. The van der Waals surface area contributed by atoms with E-state index in [1.54, 1.807) is 12.1 Å². The molecule has 19 heavy (non-hydrogen) atoms. The van der Waals surface area contributed by atoms with Crippen LogP contribution in [0.2, 0.25) is 5.02 Å². The maximum Gasteiger partial charge on any atom is 0.294 e. The molecule has 0 bridgehead atoms. The van der Waals surface area contributed by atoms with E-state index in [0.29, 0.717) is 16.1 Å². The predicted octanol–water partition coefficient (Wildman–Crippen LogP) is 4.02. The van der Waals surface area contributed by atoms with E-state index in [-0.39, 0.29) is 10.6 Å². The molecule has 2 aliphatic rings. The van der Waals surface area contributed by atoms with Gasteiger partial charge in [0.15, 0.2) is 0 Å². The van der Waals surface area contributed by atoms with Crippen LogP contribution in [-0.4, -0.2) is 18.0 Å². The molecule has 0 N–H and O–H groups in total. The Morgan fingerprint density at radius 1 is 1.21 bits per heavy atom. The van der Waals surface area contributed by atoms with E-state index in [0.717, 1.165) is 25.9 Å². The van der Waals surface area contributed by atoms with Gasteiger partial charge in [0.1, 0.15) is 5.69 Å². The van der Waals surface area contributed by atoms with Crippen LogP contribution in [0.4, 0.5) is 11.4 Å². The summed E-state index contributed by atoms with van der Waals surface area (Å²) in [5, 5.41) is 11.6. The fourth-order valence-corrected chi connectivity index (χ4v) is 3.63. The Morgan fingerprint density at radius 3 is 2.42 bits per heavy atom. The summed E-state index contributed by atoms with van der Waals surface area (Å²) in [6.07, 6.45) is 6.26. The number of benzene rings is 1. The van der Waals surface area contributed by atoms with Crippen molar-refractivity contribution < 1.29 is 4.92 Å². The Labute approximate surface area is 117 Å². The van der Waals surface area contributed by atoms with Crippen LogP contribution in [0.3, 0.4) is 0 Å². The molecule has 1 heterocycles. The number of piperidine rings is 1. The minimum atomic E-state index is -0.338. The predicted molar refractivity (Wildman–Crippen MR) is 75.8 cm³/mol. The number of halogens is 1. The Kier molecular flexibility index (Phi) is 3.13. The van der Waals surface area contributed by atoms with E-state index in [2.05, 4.69) is 4.90 Å². The number of nitro benzene ring substituents is 1. The molecule has 1 saturated heterocycles. The third-order valence-corrected chi connectivity index (χ3v) is 5.02. The van der Waals surface area contributed by atoms with Gasteiger partial charge in [-0.1, -0.05) is 24.1 Å². The Hall–Kier alpha value is -1.29. The molecule has 3 rings (SSSR count). The van der Waals surface area contributed by atoms with Crippen molar-refractivity contribution in [2.75, 3.05) is 18.0 Å². The van der Waals surface area contributed by atoms with E-state index in [4.69, 9.17) is 11.6 Å². The summed E-state index contributed by atoms with van der Waals surface area (Å²) in [7, 11) is 0. The zero-order chi connectivity index (χ0) is 13.5. The van der Waals surface area contributed by atoms with Crippen molar-refractivity contribution in [3.8, 4) is 0 Å². The van der Waals surface area contributed by atoms with Crippen LogP contribution < -0.4 is 4.90 Å². The molecule has 1 saturated carbocycles. The topological polar surface area (TPSA) is 46.4 Å². The minimum absolute atomic E-state index is 0.122. The summed E-state index contributed by atoms with van der Waals surface area (Å²) in [5.41, 5.74) is 1.26. The monoisotopic (exact) mass is 280 g/mol. The van der Waals surface area contributed by atoms with Crippen molar-refractivity contribution in [2.45, 2.75) is 32.1 Å². The van der Waals surface area contributed by atoms with Crippen molar-refractivity contribution in [2.24, 2.45) is 5.41 Å². The van der Waals surface area contributed by atoms with Crippen molar-refractivity contribution in [3.05, 3.63) is 33.3 Å². The van der Waals surface area contributed by atoms with E-state index in [1.807, 2.05) is 0 Å². The molecule has 0 aromatic heterocycles. The highest BCUT2D eigenvalue weighted by molar-refractivity contribution is 6.33. The molecule has 0 radical (unpaired) electrons. The zero-order valence-electron chi connectivity index (χ0n) is 10.8. The number of para-hydroxylation sites is 1. The number of rotatable bonds is 2. The fraction of sp³-hybridized carbons (Fsp3) is 0.571. The van der Waals surface area contributed by atoms with Crippen LogP contribution in [0.15, 0.2) is 18.2 Å². The Morgan fingerprint density at radius 2 is 1.89 bits per heavy atom. The van der Waals surface area contributed by atoms with Gasteiger partial charge in [-0.15, -0.1) is 0 Å². The molecule has 0 atom stereocenters. The maximum absolute atomic E-state index is 11.1. The number of anilines is 1. The molecule has 102 valence electrons. The fourth-order valence-electron chi connectivity index (χ4n) is 3.35. The average Bonchev–Trinajstić information content (AvgIpc) is 2.37. The lowest BCUT2D eigenvalue weighted by atomic mass is 9.63. The molecule has 1 aromatic rings. The summed E-state index contributed by atoms with van der Waals surface area (Å²) in [5.74, 6) is 0. The van der Waals surface area contributed by atoms with Crippen molar-refractivity contribution >= 4 is 23.0 Å². The van der Waals surface area contributed by atoms with E-state index >= 15 is 0 Å². The maximum atomic E-state index is 11.1. The second-order valence-electron chi connectivity index (χ2n) is 5.71. The average molecular weight is 281 g/mol. The van der Waals surface area contributed by atoms with E-state index < -0.39 is 0 Å². The van der Waals surface area contributed by atoms with Crippen LogP contribution in [0.5, 0.6) is 0 Å². The number of hydrogen-bond acceptors (Lipinski definition) is 3. The minimum Gasteiger partial charge on any atom is -0.365 e. The first-order valence-corrected chi connectivity index (χ1v) is 7.17. The van der Waals surface area contributed by atoms with Gasteiger partial charge in [0.25, 0.3) is 5.69 Å². The van der Waals surface area contributed by atoms with Crippen LogP contribution in [0.25, 0.3) is 0 Å². The quantitative estimate of drug-likeness (QED) is 0.607. The highest BCUT2D eigenvalue weighted by atomic mass is 35.5. The van der Waals surface area contributed by atoms with E-state index in [1.165, 1.54) is 25.3 Å². The van der Waals surface area contributed by atoms with Gasteiger partial charge in [0.05, 0.1) is 9.95 Å². The molecular weight excluding hydrogens is 264 g/mol. The van der Waals surface area contributed by atoms with Crippen molar-refractivity contribution in [1.82, 2.24) is 0 Å². The summed E-state index contributed by atoms with van der Waals surface area (Å²) in [4.78, 5) is 12.9. The van der Waals surface area contributed by atoms with Crippen LogP contribution >= 0.6 is 11.6 Å². The van der Waals surface area contributed by atoms with Crippen molar-refractivity contribution in [1.29, 1.82) is 0 Å². The third kappa shape index (κ3) is 2.18. The molecule has 0 unspecified atom stereocenters. The normalized spacial score (nSPS) is 21.2. The first kappa shape index (κ1) is 12.7. The lowest BCUT2D eigenvalue weighted by molar-refractivity contribution is -0.384. The van der Waals surface area contributed by atoms with Gasteiger partial charge in [0.2, 0.25) is 0 Å². The zero-order valence-corrected chi connectivity index (χ0v) is 11.5. The standard InChI is InChI=1S/C14H17ClN2O2/c15-11-3-1-4-12(17(18)19)13(11)16-9-7-14(8-10-16)5-2-6-14/h1,3-4H,2,5-10H2. The largest absolute Gasteiger partial charge is 0.365 e. The Balaban J connectivity index is 1.85. The molecule has 5 heteroatoms. The lowest BCUT2D eigenvalue weighted by Gasteiger charge is -2.48. The smallest absolute Gasteiger partial charge is 0.294 e. The van der Waals surface area contributed by atoms with Crippen LogP contribution in [0.1, 0.15) is 32.1 Å². The van der Waals surface area contributed by atoms with Gasteiger partial charge in [-0.25, -0.2) is 0 Å². The second-order valence-corrected chi connectivity index (χ2v) is 6.11. The van der Waals surface area contributed by atoms with Gasteiger partial charge in [0, 0.05) is 19.2 Å².